The molecule has 106 valence electrons. The lowest BCUT2D eigenvalue weighted by Crippen LogP contribution is -2.06. The predicted octanol–water partition coefficient (Wildman–Crippen LogP) is 3.31. The first kappa shape index (κ1) is 14.3. The second-order valence-electron chi connectivity index (χ2n) is 4.26. The standard InChI is InChI=1S/C16H17FO3/c1-3-20-15-7-5-4-6-12(15)16(18)13-10-11(17)8-9-14(13)19-2/h4-10,16,18H,3H2,1-2H3. The number of rotatable bonds is 5. The van der Waals surface area contributed by atoms with E-state index in [1.165, 1.54) is 25.3 Å². The number of halogens is 1. The van der Waals surface area contributed by atoms with Crippen LogP contribution in [0.4, 0.5) is 4.39 Å². The molecule has 0 spiro atoms. The average Bonchev–Trinajstić information content (AvgIpc) is 2.47. The van der Waals surface area contributed by atoms with E-state index in [1.807, 2.05) is 13.0 Å². The molecular weight excluding hydrogens is 259 g/mol. The second-order valence-corrected chi connectivity index (χ2v) is 4.26. The zero-order valence-electron chi connectivity index (χ0n) is 11.5. The summed E-state index contributed by atoms with van der Waals surface area (Å²) in [4.78, 5) is 0. The maximum atomic E-state index is 13.4. The van der Waals surface area contributed by atoms with Crippen LogP contribution in [0.2, 0.25) is 0 Å². The van der Waals surface area contributed by atoms with Crippen molar-refractivity contribution in [3.8, 4) is 11.5 Å². The van der Waals surface area contributed by atoms with Crippen molar-refractivity contribution in [2.75, 3.05) is 13.7 Å². The highest BCUT2D eigenvalue weighted by molar-refractivity contribution is 5.45. The van der Waals surface area contributed by atoms with Crippen LogP contribution in [0.25, 0.3) is 0 Å². The number of aliphatic hydroxyl groups excluding tert-OH is 1. The average molecular weight is 276 g/mol. The molecular formula is C16H17FO3. The number of ether oxygens (including phenoxy) is 2. The molecule has 0 bridgehead atoms. The van der Waals surface area contributed by atoms with E-state index in [2.05, 4.69) is 0 Å². The first-order valence-electron chi connectivity index (χ1n) is 6.40. The smallest absolute Gasteiger partial charge is 0.125 e. The molecule has 0 aliphatic carbocycles. The fourth-order valence-electron chi connectivity index (χ4n) is 2.08. The number of hydrogen-bond donors (Lipinski definition) is 1. The van der Waals surface area contributed by atoms with Gasteiger partial charge in [0.1, 0.15) is 23.4 Å². The van der Waals surface area contributed by atoms with Crippen molar-refractivity contribution in [3.05, 3.63) is 59.4 Å². The van der Waals surface area contributed by atoms with Gasteiger partial charge < -0.3 is 14.6 Å². The van der Waals surface area contributed by atoms with E-state index < -0.39 is 11.9 Å². The molecule has 1 unspecified atom stereocenters. The summed E-state index contributed by atoms with van der Waals surface area (Å²) in [5, 5.41) is 10.5. The van der Waals surface area contributed by atoms with E-state index in [0.29, 0.717) is 29.2 Å². The largest absolute Gasteiger partial charge is 0.496 e. The molecule has 2 aromatic carbocycles. The minimum absolute atomic E-state index is 0.375. The maximum Gasteiger partial charge on any atom is 0.125 e. The van der Waals surface area contributed by atoms with Crippen LogP contribution >= 0.6 is 0 Å². The molecule has 0 aromatic heterocycles. The molecule has 2 rings (SSSR count). The molecule has 0 aliphatic heterocycles. The summed E-state index contributed by atoms with van der Waals surface area (Å²) < 4.78 is 24.1. The van der Waals surface area contributed by atoms with Crippen LogP contribution in [0.1, 0.15) is 24.2 Å². The number of aliphatic hydroxyl groups is 1. The van der Waals surface area contributed by atoms with E-state index in [0.717, 1.165) is 0 Å². The summed E-state index contributed by atoms with van der Waals surface area (Å²) in [6.07, 6.45) is -1.01. The van der Waals surface area contributed by atoms with Crippen molar-refractivity contribution in [2.24, 2.45) is 0 Å². The van der Waals surface area contributed by atoms with Crippen LogP contribution in [-0.2, 0) is 0 Å². The SMILES string of the molecule is CCOc1ccccc1C(O)c1cc(F)ccc1OC. The molecule has 0 saturated heterocycles. The second kappa shape index (κ2) is 6.39. The van der Waals surface area contributed by atoms with E-state index in [1.54, 1.807) is 18.2 Å². The summed E-state index contributed by atoms with van der Waals surface area (Å²) in [7, 11) is 1.48. The number of hydrogen-bond acceptors (Lipinski definition) is 3. The predicted molar refractivity (Wildman–Crippen MR) is 74.6 cm³/mol. The Bertz CT molecular complexity index is 584. The van der Waals surface area contributed by atoms with Gasteiger partial charge in [-0.15, -0.1) is 0 Å². The number of para-hydroxylation sites is 1. The highest BCUT2D eigenvalue weighted by Crippen LogP contribution is 2.34. The molecule has 0 heterocycles. The third kappa shape index (κ3) is 2.91. The Kier molecular flexibility index (Phi) is 4.58. The minimum Gasteiger partial charge on any atom is -0.496 e. The molecule has 0 aliphatic rings. The van der Waals surface area contributed by atoms with Crippen molar-refractivity contribution in [1.29, 1.82) is 0 Å². The Morgan fingerprint density at radius 1 is 1.10 bits per heavy atom. The quantitative estimate of drug-likeness (QED) is 0.910. The van der Waals surface area contributed by atoms with Crippen LogP contribution in [0.5, 0.6) is 11.5 Å². The lowest BCUT2D eigenvalue weighted by Gasteiger charge is -2.18. The maximum absolute atomic E-state index is 13.4. The summed E-state index contributed by atoms with van der Waals surface area (Å²) in [5.41, 5.74) is 0.956. The van der Waals surface area contributed by atoms with Crippen LogP contribution < -0.4 is 9.47 Å². The Balaban J connectivity index is 2.45. The van der Waals surface area contributed by atoms with Gasteiger partial charge in [-0.3, -0.25) is 0 Å². The van der Waals surface area contributed by atoms with E-state index in [9.17, 15) is 9.50 Å². The van der Waals surface area contributed by atoms with Crippen molar-refractivity contribution in [2.45, 2.75) is 13.0 Å². The van der Waals surface area contributed by atoms with E-state index in [-0.39, 0.29) is 0 Å². The van der Waals surface area contributed by atoms with Gasteiger partial charge in [0.15, 0.2) is 0 Å². The van der Waals surface area contributed by atoms with Gasteiger partial charge in [-0.2, -0.15) is 0 Å². The van der Waals surface area contributed by atoms with Crippen LogP contribution in [0, 0.1) is 5.82 Å². The lowest BCUT2D eigenvalue weighted by atomic mass is 9.99. The number of benzene rings is 2. The van der Waals surface area contributed by atoms with Gasteiger partial charge in [-0.25, -0.2) is 4.39 Å². The zero-order valence-corrected chi connectivity index (χ0v) is 11.5. The van der Waals surface area contributed by atoms with Gasteiger partial charge in [0.05, 0.1) is 13.7 Å². The molecule has 3 nitrogen and oxygen atoms in total. The molecule has 0 fully saturated rings. The highest BCUT2D eigenvalue weighted by atomic mass is 19.1. The zero-order chi connectivity index (χ0) is 14.5. The molecule has 0 amide bonds. The Morgan fingerprint density at radius 3 is 2.55 bits per heavy atom. The molecule has 4 heteroatoms. The minimum atomic E-state index is -1.01. The molecule has 2 aromatic rings. The summed E-state index contributed by atoms with van der Waals surface area (Å²) in [6, 6.07) is 11.2. The van der Waals surface area contributed by atoms with Crippen molar-refractivity contribution >= 4 is 0 Å². The van der Waals surface area contributed by atoms with Crippen molar-refractivity contribution in [1.82, 2.24) is 0 Å². The molecule has 1 N–H and O–H groups in total. The Hall–Kier alpha value is -2.07. The highest BCUT2D eigenvalue weighted by Gasteiger charge is 2.19. The molecule has 0 radical (unpaired) electrons. The van der Waals surface area contributed by atoms with Crippen LogP contribution in [0.3, 0.4) is 0 Å². The summed E-state index contributed by atoms with van der Waals surface area (Å²) >= 11 is 0. The van der Waals surface area contributed by atoms with Gasteiger partial charge in [0.25, 0.3) is 0 Å². The summed E-state index contributed by atoms with van der Waals surface area (Å²) in [6.45, 7) is 2.36. The van der Waals surface area contributed by atoms with Crippen LogP contribution in [-0.4, -0.2) is 18.8 Å². The normalized spacial score (nSPS) is 12.0. The Morgan fingerprint density at radius 2 is 1.85 bits per heavy atom. The monoisotopic (exact) mass is 276 g/mol. The first-order valence-corrected chi connectivity index (χ1v) is 6.40. The fourth-order valence-corrected chi connectivity index (χ4v) is 2.08. The van der Waals surface area contributed by atoms with Gasteiger partial charge in [-0.05, 0) is 31.2 Å². The Labute approximate surface area is 117 Å². The van der Waals surface area contributed by atoms with E-state index >= 15 is 0 Å². The van der Waals surface area contributed by atoms with Gasteiger partial charge in [0, 0.05) is 11.1 Å². The topological polar surface area (TPSA) is 38.7 Å². The first-order chi connectivity index (χ1) is 9.67. The van der Waals surface area contributed by atoms with Gasteiger partial charge in [-0.1, -0.05) is 18.2 Å². The number of methoxy groups -OCH3 is 1. The van der Waals surface area contributed by atoms with Crippen LogP contribution in [0.15, 0.2) is 42.5 Å². The third-order valence-electron chi connectivity index (χ3n) is 3.00. The lowest BCUT2D eigenvalue weighted by molar-refractivity contribution is 0.206. The van der Waals surface area contributed by atoms with Crippen molar-refractivity contribution in [3.63, 3.8) is 0 Å². The third-order valence-corrected chi connectivity index (χ3v) is 3.00. The molecule has 1 atom stereocenters. The van der Waals surface area contributed by atoms with Crippen molar-refractivity contribution < 1.29 is 19.0 Å². The van der Waals surface area contributed by atoms with Gasteiger partial charge in [0.2, 0.25) is 0 Å². The molecule has 20 heavy (non-hydrogen) atoms. The summed E-state index contributed by atoms with van der Waals surface area (Å²) in [5.74, 6) is 0.591. The van der Waals surface area contributed by atoms with Gasteiger partial charge >= 0.3 is 0 Å². The van der Waals surface area contributed by atoms with E-state index in [4.69, 9.17) is 9.47 Å². The molecule has 0 saturated carbocycles. The fraction of sp³-hybridized carbons (Fsp3) is 0.250.